The van der Waals surface area contributed by atoms with E-state index in [0.29, 0.717) is 12.5 Å². The van der Waals surface area contributed by atoms with Gasteiger partial charge < -0.3 is 28.8 Å². The highest BCUT2D eigenvalue weighted by Crippen LogP contribution is 2.39. The molecule has 0 aromatic rings. The molecule has 1 N–H and O–H groups in total. The molecule has 3 atom stereocenters. The Labute approximate surface area is 188 Å². The molecule has 0 aliphatic carbocycles. The smallest absolute Gasteiger partial charge is 0.345 e. The molecule has 182 valence electrons. The second kappa shape index (κ2) is 12.1. The average Bonchev–Trinajstić information content (AvgIpc) is 3.11. The summed E-state index contributed by atoms with van der Waals surface area (Å²) in [6.07, 6.45) is 2.15. The van der Waals surface area contributed by atoms with E-state index in [2.05, 4.69) is 16.4 Å². The van der Waals surface area contributed by atoms with Crippen LogP contribution in [0.2, 0.25) is 0 Å². The lowest BCUT2D eigenvalue weighted by Gasteiger charge is -2.33. The Morgan fingerprint density at radius 1 is 0.969 bits per heavy atom. The van der Waals surface area contributed by atoms with E-state index in [1.54, 1.807) is 0 Å². The molecule has 1 saturated heterocycles. The summed E-state index contributed by atoms with van der Waals surface area (Å²) < 4.78 is 25.3. The van der Waals surface area contributed by atoms with Gasteiger partial charge in [-0.3, -0.25) is 4.79 Å². The Morgan fingerprint density at radius 3 is 2.12 bits per heavy atom. The summed E-state index contributed by atoms with van der Waals surface area (Å²) in [7, 11) is 3.03. The zero-order chi connectivity index (χ0) is 24.5. The normalized spacial score (nSPS) is 22.0. The maximum atomic E-state index is 13.0. The van der Waals surface area contributed by atoms with Crippen LogP contribution in [-0.4, -0.2) is 73.7 Å². The van der Waals surface area contributed by atoms with Crippen molar-refractivity contribution in [2.45, 2.75) is 82.9 Å². The van der Waals surface area contributed by atoms with Gasteiger partial charge in [0, 0.05) is 12.5 Å². The average molecular weight is 459 g/mol. The number of unbranched alkanes of at least 4 members (excludes halogenated alkanes) is 4. The van der Waals surface area contributed by atoms with Crippen LogP contribution in [0, 0.1) is 0 Å². The van der Waals surface area contributed by atoms with Crippen molar-refractivity contribution in [1.82, 2.24) is 0 Å². The molecule has 0 aromatic heterocycles. The van der Waals surface area contributed by atoms with Crippen LogP contribution in [0.3, 0.4) is 0 Å². The van der Waals surface area contributed by atoms with Gasteiger partial charge >= 0.3 is 17.9 Å². The van der Waals surface area contributed by atoms with Gasteiger partial charge in [0.15, 0.2) is 11.6 Å². The number of hydrogen-bond acceptors (Lipinski definition) is 10. The molecule has 1 rings (SSSR count). The van der Waals surface area contributed by atoms with Gasteiger partial charge in [0.2, 0.25) is 5.60 Å². The first-order chi connectivity index (χ1) is 15.0. The van der Waals surface area contributed by atoms with E-state index in [4.69, 9.17) is 14.2 Å². The second-order valence-electron chi connectivity index (χ2n) is 7.94. The van der Waals surface area contributed by atoms with Crippen molar-refractivity contribution in [2.24, 2.45) is 0 Å². The summed E-state index contributed by atoms with van der Waals surface area (Å²) in [6.45, 7) is 5.07. The van der Waals surface area contributed by atoms with Crippen molar-refractivity contribution in [3.8, 4) is 0 Å². The lowest BCUT2D eigenvalue weighted by Crippen LogP contribution is -2.59. The van der Waals surface area contributed by atoms with Crippen LogP contribution >= 0.6 is 0 Å². The molecule has 1 fully saturated rings. The predicted octanol–water partition coefficient (Wildman–Crippen LogP) is 1.61. The standard InChI is InChI=1S/C22H34O10/c1-7-8-9-10-11-12-15(23)17-18(32-21(2,3)31-17)22(27,20(26)30-6)14(19(25)29-5)13-16(24)28-4/h13,17-18,27H,7-12H2,1-6H3/b14-13+. The molecular formula is C22H34O10. The molecule has 0 radical (unpaired) electrons. The molecular weight excluding hydrogens is 424 g/mol. The number of rotatable bonds is 12. The predicted molar refractivity (Wildman–Crippen MR) is 111 cm³/mol. The third kappa shape index (κ3) is 6.60. The van der Waals surface area contributed by atoms with Crippen LogP contribution in [0.5, 0.6) is 0 Å². The molecule has 1 aliphatic rings. The van der Waals surface area contributed by atoms with E-state index in [0.717, 1.165) is 47.0 Å². The maximum absolute atomic E-state index is 13.0. The molecule has 10 heteroatoms. The number of carbonyl (C=O) groups is 4. The van der Waals surface area contributed by atoms with Gasteiger partial charge in [-0.05, 0) is 20.3 Å². The molecule has 1 heterocycles. The lowest BCUT2D eigenvalue weighted by molar-refractivity contribution is -0.187. The van der Waals surface area contributed by atoms with E-state index in [1.807, 2.05) is 0 Å². The molecule has 0 spiro atoms. The van der Waals surface area contributed by atoms with Crippen molar-refractivity contribution in [1.29, 1.82) is 0 Å². The van der Waals surface area contributed by atoms with Gasteiger partial charge in [-0.2, -0.15) is 0 Å². The van der Waals surface area contributed by atoms with Crippen LogP contribution in [0.1, 0.15) is 59.3 Å². The molecule has 0 bridgehead atoms. The van der Waals surface area contributed by atoms with E-state index < -0.39 is 52.9 Å². The summed E-state index contributed by atoms with van der Waals surface area (Å²) >= 11 is 0. The SMILES string of the molecule is CCCCCCCC(=O)C1OC(C)(C)OC1C(O)(C(=O)OC)/C(=C/C(=O)OC)C(=O)OC. The zero-order valence-electron chi connectivity index (χ0n) is 19.6. The van der Waals surface area contributed by atoms with E-state index in [9.17, 15) is 24.3 Å². The minimum atomic E-state index is -2.88. The van der Waals surface area contributed by atoms with Crippen molar-refractivity contribution in [3.05, 3.63) is 11.6 Å². The van der Waals surface area contributed by atoms with Gasteiger partial charge in [-0.1, -0.05) is 32.6 Å². The monoisotopic (exact) mass is 458 g/mol. The van der Waals surface area contributed by atoms with Crippen molar-refractivity contribution >= 4 is 23.7 Å². The Bertz CT molecular complexity index is 726. The first kappa shape index (κ1) is 27.7. The fourth-order valence-electron chi connectivity index (χ4n) is 3.49. The minimum Gasteiger partial charge on any atom is -0.467 e. The highest BCUT2D eigenvalue weighted by Gasteiger charge is 2.62. The third-order valence-corrected chi connectivity index (χ3v) is 5.13. The Balaban J connectivity index is 3.40. The lowest BCUT2D eigenvalue weighted by atomic mass is 9.82. The summed E-state index contributed by atoms with van der Waals surface area (Å²) in [5, 5.41) is 11.5. The summed E-state index contributed by atoms with van der Waals surface area (Å²) in [6, 6.07) is 0. The fraction of sp³-hybridized carbons (Fsp3) is 0.727. The van der Waals surface area contributed by atoms with E-state index >= 15 is 0 Å². The minimum absolute atomic E-state index is 0.121. The molecule has 0 saturated carbocycles. The van der Waals surface area contributed by atoms with Crippen molar-refractivity contribution in [2.75, 3.05) is 21.3 Å². The number of hydrogen-bond donors (Lipinski definition) is 1. The third-order valence-electron chi connectivity index (χ3n) is 5.13. The Morgan fingerprint density at radius 2 is 1.59 bits per heavy atom. The summed E-state index contributed by atoms with van der Waals surface area (Å²) in [4.78, 5) is 50.0. The second-order valence-corrected chi connectivity index (χ2v) is 7.94. The van der Waals surface area contributed by atoms with Crippen molar-refractivity contribution < 1.29 is 48.0 Å². The number of methoxy groups -OCH3 is 3. The first-order valence-corrected chi connectivity index (χ1v) is 10.6. The molecule has 10 nitrogen and oxygen atoms in total. The van der Waals surface area contributed by atoms with Gasteiger partial charge in [0.1, 0.15) is 12.2 Å². The molecule has 0 aromatic carbocycles. The highest BCUT2D eigenvalue weighted by atomic mass is 16.8. The number of aliphatic hydroxyl groups is 1. The van der Waals surface area contributed by atoms with Crippen LogP contribution in [0.25, 0.3) is 0 Å². The van der Waals surface area contributed by atoms with Crippen molar-refractivity contribution in [3.63, 3.8) is 0 Å². The van der Waals surface area contributed by atoms with E-state index in [-0.39, 0.29) is 6.42 Å². The van der Waals surface area contributed by atoms with Gasteiger partial charge in [-0.15, -0.1) is 0 Å². The quantitative estimate of drug-likeness (QED) is 0.199. The molecule has 3 unspecified atom stereocenters. The number of ketones is 1. The number of esters is 3. The largest absolute Gasteiger partial charge is 0.467 e. The Hall–Kier alpha value is -2.30. The maximum Gasteiger partial charge on any atom is 0.345 e. The highest BCUT2D eigenvalue weighted by molar-refractivity contribution is 6.05. The van der Waals surface area contributed by atoms with Crippen LogP contribution in [-0.2, 0) is 42.9 Å². The zero-order valence-corrected chi connectivity index (χ0v) is 19.6. The number of ether oxygens (including phenoxy) is 5. The van der Waals surface area contributed by atoms with Gasteiger partial charge in [0.05, 0.1) is 26.9 Å². The van der Waals surface area contributed by atoms with Gasteiger partial charge in [-0.25, -0.2) is 14.4 Å². The summed E-state index contributed by atoms with van der Waals surface area (Å²) in [5.41, 5.74) is -3.68. The van der Waals surface area contributed by atoms with Crippen LogP contribution in [0.15, 0.2) is 11.6 Å². The van der Waals surface area contributed by atoms with Crippen LogP contribution in [0.4, 0.5) is 0 Å². The van der Waals surface area contributed by atoms with E-state index in [1.165, 1.54) is 13.8 Å². The number of Topliss-reactive ketones (excluding diaryl/α,β-unsaturated/α-hetero) is 1. The molecule has 32 heavy (non-hydrogen) atoms. The molecule has 1 aliphatic heterocycles. The topological polar surface area (TPSA) is 135 Å². The number of carbonyl (C=O) groups excluding carboxylic acids is 4. The van der Waals surface area contributed by atoms with Gasteiger partial charge in [0.25, 0.3) is 0 Å². The fourth-order valence-corrected chi connectivity index (χ4v) is 3.49. The first-order valence-electron chi connectivity index (χ1n) is 10.6. The molecule has 0 amide bonds. The Kier molecular flexibility index (Phi) is 10.5. The van der Waals surface area contributed by atoms with Crippen LogP contribution < -0.4 is 0 Å². The summed E-state index contributed by atoms with van der Waals surface area (Å²) in [5.74, 6) is -5.36.